The normalized spacial score (nSPS) is 16.8. The van der Waals surface area contributed by atoms with Gasteiger partial charge in [0.2, 0.25) is 0 Å². The van der Waals surface area contributed by atoms with E-state index < -0.39 is 0 Å². The van der Waals surface area contributed by atoms with Crippen LogP contribution in [0.2, 0.25) is 0 Å². The largest absolute Gasteiger partial charge is 0.409 e. The maximum absolute atomic E-state index is 8.45. The number of rotatable bonds is 4. The highest BCUT2D eigenvalue weighted by Crippen LogP contribution is 2.18. The quantitative estimate of drug-likeness (QED) is 0.359. The molecule has 0 unspecified atom stereocenters. The molecule has 0 atom stereocenters. The van der Waals surface area contributed by atoms with Gasteiger partial charge in [0.1, 0.15) is 5.84 Å². The van der Waals surface area contributed by atoms with Crippen LogP contribution < -0.4 is 5.73 Å². The van der Waals surface area contributed by atoms with E-state index >= 15 is 0 Å². The van der Waals surface area contributed by atoms with E-state index in [0.717, 1.165) is 32.5 Å². The van der Waals surface area contributed by atoms with Crippen LogP contribution >= 0.6 is 0 Å². The Bertz CT molecular complexity index is 403. The van der Waals surface area contributed by atoms with Gasteiger partial charge in [0.25, 0.3) is 0 Å². The fraction of sp³-hybridized carbons (Fsp3) is 0.462. The standard InChI is InChI=1S/C13H19N3O/c14-13(15-17)6-3-8-16-9-7-11-4-1-2-5-12(11)10-16/h1-2,4-5,17H,3,6-10H2,(H2,14,15). The number of fused-ring (bicyclic) bond motifs is 1. The van der Waals surface area contributed by atoms with Crippen molar-refractivity contribution in [3.05, 3.63) is 35.4 Å². The maximum Gasteiger partial charge on any atom is 0.139 e. The van der Waals surface area contributed by atoms with E-state index in [1.807, 2.05) is 0 Å². The lowest BCUT2D eigenvalue weighted by Crippen LogP contribution is -2.31. The van der Waals surface area contributed by atoms with Crippen LogP contribution in [0.3, 0.4) is 0 Å². The molecule has 2 rings (SSSR count). The van der Waals surface area contributed by atoms with E-state index in [-0.39, 0.29) is 0 Å². The zero-order chi connectivity index (χ0) is 12.1. The van der Waals surface area contributed by atoms with Gasteiger partial charge in [-0.1, -0.05) is 29.4 Å². The molecule has 3 N–H and O–H groups in total. The van der Waals surface area contributed by atoms with Crippen LogP contribution in [-0.2, 0) is 13.0 Å². The van der Waals surface area contributed by atoms with E-state index in [0.29, 0.717) is 12.3 Å². The Balaban J connectivity index is 1.82. The molecule has 0 saturated heterocycles. The number of nitrogens with zero attached hydrogens (tertiary/aromatic N) is 2. The maximum atomic E-state index is 8.45. The third-order valence-corrected chi connectivity index (χ3v) is 3.25. The molecule has 4 nitrogen and oxygen atoms in total. The topological polar surface area (TPSA) is 61.8 Å². The molecule has 0 saturated carbocycles. The van der Waals surface area contributed by atoms with Crippen molar-refractivity contribution in [3.8, 4) is 0 Å². The first-order valence-corrected chi connectivity index (χ1v) is 6.05. The molecule has 0 spiro atoms. The molecule has 1 aliphatic heterocycles. The molecule has 1 heterocycles. The van der Waals surface area contributed by atoms with Crippen LogP contribution in [0.15, 0.2) is 29.4 Å². The summed E-state index contributed by atoms with van der Waals surface area (Å²) in [4.78, 5) is 2.42. The predicted molar refractivity (Wildman–Crippen MR) is 68.1 cm³/mol. The van der Waals surface area contributed by atoms with Gasteiger partial charge in [0, 0.05) is 19.5 Å². The van der Waals surface area contributed by atoms with Gasteiger partial charge in [-0.3, -0.25) is 4.90 Å². The average Bonchev–Trinajstić information content (AvgIpc) is 2.38. The van der Waals surface area contributed by atoms with Gasteiger partial charge in [-0.25, -0.2) is 0 Å². The molecule has 0 bridgehead atoms. The SMILES string of the molecule is N/C(CCCN1CCc2ccccc2C1)=N\O. The molecule has 92 valence electrons. The minimum Gasteiger partial charge on any atom is -0.409 e. The van der Waals surface area contributed by atoms with Gasteiger partial charge in [-0.15, -0.1) is 0 Å². The number of hydrogen-bond acceptors (Lipinski definition) is 3. The van der Waals surface area contributed by atoms with Gasteiger partial charge < -0.3 is 10.9 Å². The van der Waals surface area contributed by atoms with Crippen LogP contribution in [0.1, 0.15) is 24.0 Å². The zero-order valence-corrected chi connectivity index (χ0v) is 9.97. The lowest BCUT2D eigenvalue weighted by atomic mass is 10.00. The predicted octanol–water partition coefficient (Wildman–Crippen LogP) is 1.57. The monoisotopic (exact) mass is 233 g/mol. The number of hydrogen-bond donors (Lipinski definition) is 2. The minimum atomic E-state index is 0.322. The molecule has 4 heteroatoms. The highest BCUT2D eigenvalue weighted by atomic mass is 16.4. The average molecular weight is 233 g/mol. The van der Waals surface area contributed by atoms with Crippen molar-refractivity contribution in [1.29, 1.82) is 0 Å². The van der Waals surface area contributed by atoms with Crippen molar-refractivity contribution in [2.45, 2.75) is 25.8 Å². The summed E-state index contributed by atoms with van der Waals surface area (Å²) in [5.41, 5.74) is 8.35. The molecule has 1 aliphatic rings. The van der Waals surface area contributed by atoms with Gasteiger partial charge in [-0.05, 0) is 30.5 Å². The van der Waals surface area contributed by atoms with Crippen LogP contribution in [0.5, 0.6) is 0 Å². The van der Waals surface area contributed by atoms with E-state index in [4.69, 9.17) is 10.9 Å². The number of benzene rings is 1. The summed E-state index contributed by atoms with van der Waals surface area (Å²) in [6.07, 6.45) is 2.73. The van der Waals surface area contributed by atoms with Gasteiger partial charge in [0.15, 0.2) is 0 Å². The van der Waals surface area contributed by atoms with E-state index in [9.17, 15) is 0 Å². The molecule has 0 amide bonds. The van der Waals surface area contributed by atoms with Crippen molar-refractivity contribution in [2.24, 2.45) is 10.9 Å². The van der Waals surface area contributed by atoms with Gasteiger partial charge in [0.05, 0.1) is 0 Å². The molecule has 17 heavy (non-hydrogen) atoms. The number of oxime groups is 1. The summed E-state index contributed by atoms with van der Waals surface area (Å²) in [5, 5.41) is 11.4. The molecule has 0 aliphatic carbocycles. The molecular weight excluding hydrogens is 214 g/mol. The first kappa shape index (κ1) is 11.9. The summed E-state index contributed by atoms with van der Waals surface area (Å²) >= 11 is 0. The van der Waals surface area contributed by atoms with Gasteiger partial charge >= 0.3 is 0 Å². The van der Waals surface area contributed by atoms with Crippen molar-refractivity contribution in [1.82, 2.24) is 4.90 Å². The van der Waals surface area contributed by atoms with Crippen LogP contribution in [0.25, 0.3) is 0 Å². The lowest BCUT2D eigenvalue weighted by Gasteiger charge is -2.28. The van der Waals surface area contributed by atoms with Crippen LogP contribution in [0, 0.1) is 0 Å². The smallest absolute Gasteiger partial charge is 0.139 e. The minimum absolute atomic E-state index is 0.322. The molecular formula is C13H19N3O. The Hall–Kier alpha value is -1.55. The van der Waals surface area contributed by atoms with Crippen LogP contribution in [0.4, 0.5) is 0 Å². The van der Waals surface area contributed by atoms with Crippen molar-refractivity contribution in [3.63, 3.8) is 0 Å². The second-order valence-electron chi connectivity index (χ2n) is 4.49. The fourth-order valence-corrected chi connectivity index (χ4v) is 2.28. The second kappa shape index (κ2) is 5.68. The molecule has 1 aromatic rings. The Kier molecular flexibility index (Phi) is 3.98. The number of nitrogens with two attached hydrogens (primary N) is 1. The molecule has 0 aromatic heterocycles. The summed E-state index contributed by atoms with van der Waals surface area (Å²) in [7, 11) is 0. The summed E-state index contributed by atoms with van der Waals surface area (Å²) in [6, 6.07) is 8.61. The third kappa shape index (κ3) is 3.20. The Morgan fingerprint density at radius 3 is 2.88 bits per heavy atom. The molecule has 0 radical (unpaired) electrons. The fourth-order valence-electron chi connectivity index (χ4n) is 2.28. The number of amidine groups is 1. The first-order valence-electron chi connectivity index (χ1n) is 6.05. The van der Waals surface area contributed by atoms with E-state index in [1.54, 1.807) is 0 Å². The van der Waals surface area contributed by atoms with Crippen molar-refractivity contribution >= 4 is 5.84 Å². The highest BCUT2D eigenvalue weighted by molar-refractivity contribution is 5.79. The van der Waals surface area contributed by atoms with E-state index in [1.165, 1.54) is 11.1 Å². The first-order chi connectivity index (χ1) is 8.29. The third-order valence-electron chi connectivity index (χ3n) is 3.25. The second-order valence-corrected chi connectivity index (χ2v) is 4.49. The summed E-state index contributed by atoms with van der Waals surface area (Å²) in [5.74, 6) is 0.322. The summed E-state index contributed by atoms with van der Waals surface area (Å²) in [6.45, 7) is 3.13. The Morgan fingerprint density at radius 1 is 1.35 bits per heavy atom. The van der Waals surface area contributed by atoms with Crippen LogP contribution in [-0.4, -0.2) is 29.0 Å². The Labute approximate surface area is 102 Å². The van der Waals surface area contributed by atoms with Gasteiger partial charge in [-0.2, -0.15) is 0 Å². The zero-order valence-electron chi connectivity index (χ0n) is 9.97. The van der Waals surface area contributed by atoms with Crippen molar-refractivity contribution in [2.75, 3.05) is 13.1 Å². The molecule has 0 fully saturated rings. The molecule has 1 aromatic carbocycles. The highest BCUT2D eigenvalue weighted by Gasteiger charge is 2.14. The van der Waals surface area contributed by atoms with Crippen molar-refractivity contribution < 1.29 is 5.21 Å². The lowest BCUT2D eigenvalue weighted by molar-refractivity contribution is 0.252. The Morgan fingerprint density at radius 2 is 2.12 bits per heavy atom. The van der Waals surface area contributed by atoms with E-state index in [2.05, 4.69) is 34.3 Å². The summed E-state index contributed by atoms with van der Waals surface area (Å²) < 4.78 is 0.